The monoisotopic (exact) mass is 244 g/mol. The van der Waals surface area contributed by atoms with Crippen LogP contribution in [0.1, 0.15) is 23.0 Å². The maximum atomic E-state index is 12.2. The Labute approximate surface area is 106 Å². The predicted octanol–water partition coefficient (Wildman–Crippen LogP) is 2.47. The van der Waals surface area contributed by atoms with Crippen molar-refractivity contribution in [2.75, 3.05) is 6.61 Å². The molecule has 1 aromatic carbocycles. The average molecular weight is 244 g/mol. The maximum absolute atomic E-state index is 12.2. The number of nitrogens with zero attached hydrogens (tertiary/aromatic N) is 2. The van der Waals surface area contributed by atoms with Gasteiger partial charge in [0.15, 0.2) is 5.78 Å². The second kappa shape index (κ2) is 5.49. The van der Waals surface area contributed by atoms with Crippen LogP contribution >= 0.6 is 0 Å². The van der Waals surface area contributed by atoms with Gasteiger partial charge in [-0.1, -0.05) is 12.1 Å². The SMILES string of the molecule is CCOc1ccccc1C(=O)Cn1ccc(C)n1. The molecule has 0 aliphatic carbocycles. The summed E-state index contributed by atoms with van der Waals surface area (Å²) in [5, 5.41) is 4.21. The summed E-state index contributed by atoms with van der Waals surface area (Å²) in [6.45, 7) is 4.58. The molecule has 0 saturated carbocycles. The molecule has 4 heteroatoms. The van der Waals surface area contributed by atoms with E-state index in [0.717, 1.165) is 5.69 Å². The van der Waals surface area contributed by atoms with Gasteiger partial charge in [-0.15, -0.1) is 0 Å². The molecule has 0 bridgehead atoms. The van der Waals surface area contributed by atoms with Gasteiger partial charge >= 0.3 is 0 Å². The standard InChI is InChI=1S/C14H16N2O2/c1-3-18-14-7-5-4-6-12(14)13(17)10-16-9-8-11(2)15-16/h4-9H,3,10H2,1-2H3. The molecule has 94 valence electrons. The quantitative estimate of drug-likeness (QED) is 0.759. The van der Waals surface area contributed by atoms with Crippen LogP contribution in [0.15, 0.2) is 36.5 Å². The fourth-order valence-electron chi connectivity index (χ4n) is 1.76. The number of benzene rings is 1. The Morgan fingerprint density at radius 3 is 2.78 bits per heavy atom. The summed E-state index contributed by atoms with van der Waals surface area (Å²) in [7, 11) is 0. The molecular weight excluding hydrogens is 228 g/mol. The number of carbonyl (C=O) groups is 1. The first-order valence-electron chi connectivity index (χ1n) is 5.95. The Morgan fingerprint density at radius 1 is 1.33 bits per heavy atom. The van der Waals surface area contributed by atoms with E-state index in [2.05, 4.69) is 5.10 Å². The van der Waals surface area contributed by atoms with Gasteiger partial charge in [0.25, 0.3) is 0 Å². The molecule has 0 aliphatic heterocycles. The lowest BCUT2D eigenvalue weighted by Gasteiger charge is -2.08. The van der Waals surface area contributed by atoms with Crippen LogP contribution in [0.25, 0.3) is 0 Å². The largest absolute Gasteiger partial charge is 0.493 e. The third kappa shape index (κ3) is 2.77. The summed E-state index contributed by atoms with van der Waals surface area (Å²) in [6, 6.07) is 9.17. The van der Waals surface area contributed by atoms with E-state index in [-0.39, 0.29) is 12.3 Å². The second-order valence-corrected chi connectivity index (χ2v) is 4.01. The number of ether oxygens (including phenoxy) is 1. The first-order valence-corrected chi connectivity index (χ1v) is 5.95. The minimum absolute atomic E-state index is 0.00199. The van der Waals surface area contributed by atoms with Gasteiger partial charge in [0.05, 0.1) is 17.9 Å². The van der Waals surface area contributed by atoms with Gasteiger partial charge in [0.1, 0.15) is 12.3 Å². The fourth-order valence-corrected chi connectivity index (χ4v) is 1.76. The van der Waals surface area contributed by atoms with Crippen LogP contribution in [0.2, 0.25) is 0 Å². The molecule has 0 spiro atoms. The van der Waals surface area contributed by atoms with Crippen molar-refractivity contribution in [1.82, 2.24) is 9.78 Å². The molecule has 1 aromatic heterocycles. The minimum Gasteiger partial charge on any atom is -0.493 e. The normalized spacial score (nSPS) is 10.3. The van der Waals surface area contributed by atoms with Crippen LogP contribution < -0.4 is 4.74 Å². The highest BCUT2D eigenvalue weighted by atomic mass is 16.5. The van der Waals surface area contributed by atoms with Crippen LogP contribution in [0, 0.1) is 6.92 Å². The van der Waals surface area contributed by atoms with Gasteiger partial charge < -0.3 is 4.74 Å². The number of aromatic nitrogens is 2. The summed E-state index contributed by atoms with van der Waals surface area (Å²) < 4.78 is 7.09. The lowest BCUT2D eigenvalue weighted by molar-refractivity contribution is 0.0964. The van der Waals surface area contributed by atoms with E-state index in [0.29, 0.717) is 17.9 Å². The number of aryl methyl sites for hydroxylation is 1. The zero-order valence-electron chi connectivity index (χ0n) is 10.6. The number of Topliss-reactive ketones (excluding diaryl/α,β-unsaturated/α-hetero) is 1. The number of para-hydroxylation sites is 1. The molecule has 2 rings (SSSR count). The number of hydrogen-bond acceptors (Lipinski definition) is 3. The average Bonchev–Trinajstić information content (AvgIpc) is 2.76. The summed E-state index contributed by atoms with van der Waals surface area (Å²) in [5.74, 6) is 0.635. The highest BCUT2D eigenvalue weighted by Gasteiger charge is 2.12. The second-order valence-electron chi connectivity index (χ2n) is 4.01. The molecule has 0 saturated heterocycles. The third-order valence-corrected chi connectivity index (χ3v) is 2.57. The van der Waals surface area contributed by atoms with Crippen LogP contribution in [-0.2, 0) is 6.54 Å². The predicted molar refractivity (Wildman–Crippen MR) is 68.9 cm³/mol. The van der Waals surface area contributed by atoms with E-state index in [1.165, 1.54) is 0 Å². The molecule has 0 aliphatic rings. The molecule has 2 aromatic rings. The van der Waals surface area contributed by atoms with Crippen molar-refractivity contribution in [2.45, 2.75) is 20.4 Å². The Hall–Kier alpha value is -2.10. The molecule has 0 N–H and O–H groups in total. The Bertz CT molecular complexity index is 546. The molecule has 18 heavy (non-hydrogen) atoms. The van der Waals surface area contributed by atoms with Crippen LogP contribution in [0.5, 0.6) is 5.75 Å². The van der Waals surface area contributed by atoms with Gasteiger partial charge in [-0.2, -0.15) is 5.10 Å². The molecule has 0 amide bonds. The minimum atomic E-state index is 0.00199. The highest BCUT2D eigenvalue weighted by molar-refractivity contribution is 5.98. The maximum Gasteiger partial charge on any atom is 0.187 e. The van der Waals surface area contributed by atoms with E-state index in [1.54, 1.807) is 16.9 Å². The number of carbonyl (C=O) groups excluding carboxylic acids is 1. The number of rotatable bonds is 5. The van der Waals surface area contributed by atoms with Gasteiger partial charge in [-0.25, -0.2) is 0 Å². The lowest BCUT2D eigenvalue weighted by Crippen LogP contribution is -2.12. The molecule has 1 heterocycles. The van der Waals surface area contributed by atoms with E-state index < -0.39 is 0 Å². The zero-order chi connectivity index (χ0) is 13.0. The van der Waals surface area contributed by atoms with Crippen molar-refractivity contribution in [2.24, 2.45) is 0 Å². The summed E-state index contributed by atoms with van der Waals surface area (Å²) in [5.41, 5.74) is 1.51. The van der Waals surface area contributed by atoms with E-state index in [9.17, 15) is 4.79 Å². The summed E-state index contributed by atoms with van der Waals surface area (Å²) >= 11 is 0. The Morgan fingerprint density at radius 2 is 2.11 bits per heavy atom. The highest BCUT2D eigenvalue weighted by Crippen LogP contribution is 2.19. The molecule has 0 atom stereocenters. The Kier molecular flexibility index (Phi) is 3.77. The summed E-state index contributed by atoms with van der Waals surface area (Å²) in [6.07, 6.45) is 1.80. The van der Waals surface area contributed by atoms with Gasteiger partial charge in [-0.3, -0.25) is 9.48 Å². The Balaban J connectivity index is 2.18. The first kappa shape index (κ1) is 12.4. The van der Waals surface area contributed by atoms with E-state index >= 15 is 0 Å². The van der Waals surface area contributed by atoms with Crippen molar-refractivity contribution in [3.63, 3.8) is 0 Å². The van der Waals surface area contributed by atoms with Crippen LogP contribution in [0.4, 0.5) is 0 Å². The zero-order valence-corrected chi connectivity index (χ0v) is 10.6. The van der Waals surface area contributed by atoms with Gasteiger partial charge in [0, 0.05) is 6.20 Å². The third-order valence-electron chi connectivity index (χ3n) is 2.57. The van der Waals surface area contributed by atoms with Gasteiger partial charge in [0.2, 0.25) is 0 Å². The first-order chi connectivity index (χ1) is 8.70. The summed E-state index contributed by atoms with van der Waals surface area (Å²) in [4.78, 5) is 12.2. The van der Waals surface area contributed by atoms with Crippen LogP contribution in [0.3, 0.4) is 0 Å². The number of ketones is 1. The lowest BCUT2D eigenvalue weighted by atomic mass is 10.1. The molecule has 0 unspecified atom stereocenters. The fraction of sp³-hybridized carbons (Fsp3) is 0.286. The smallest absolute Gasteiger partial charge is 0.187 e. The van der Waals surface area contributed by atoms with Crippen LogP contribution in [-0.4, -0.2) is 22.2 Å². The van der Waals surface area contributed by atoms with Crippen molar-refractivity contribution in [1.29, 1.82) is 0 Å². The van der Waals surface area contributed by atoms with E-state index in [1.807, 2.05) is 38.1 Å². The number of hydrogen-bond donors (Lipinski definition) is 0. The van der Waals surface area contributed by atoms with Crippen molar-refractivity contribution < 1.29 is 9.53 Å². The molecule has 0 radical (unpaired) electrons. The molecule has 4 nitrogen and oxygen atoms in total. The van der Waals surface area contributed by atoms with Gasteiger partial charge in [-0.05, 0) is 32.0 Å². The molecular formula is C14H16N2O2. The van der Waals surface area contributed by atoms with Crippen molar-refractivity contribution >= 4 is 5.78 Å². The van der Waals surface area contributed by atoms with Crippen molar-refractivity contribution in [3.8, 4) is 5.75 Å². The van der Waals surface area contributed by atoms with Crippen molar-refractivity contribution in [3.05, 3.63) is 47.8 Å². The molecule has 0 fully saturated rings. The topological polar surface area (TPSA) is 44.1 Å². The van der Waals surface area contributed by atoms with E-state index in [4.69, 9.17) is 4.74 Å².